The first-order valence-electron chi connectivity index (χ1n) is 5.25. The van der Waals surface area contributed by atoms with E-state index in [1.165, 1.54) is 6.07 Å². The summed E-state index contributed by atoms with van der Waals surface area (Å²) in [5.74, 6) is 1.29. The van der Waals surface area contributed by atoms with Crippen molar-refractivity contribution in [1.29, 1.82) is 0 Å². The van der Waals surface area contributed by atoms with Crippen molar-refractivity contribution < 1.29 is 9.13 Å². The van der Waals surface area contributed by atoms with Gasteiger partial charge in [0.05, 0.1) is 4.92 Å². The van der Waals surface area contributed by atoms with Crippen molar-refractivity contribution in [1.82, 2.24) is 4.98 Å². The van der Waals surface area contributed by atoms with Gasteiger partial charge in [0.1, 0.15) is 0 Å². The van der Waals surface area contributed by atoms with Crippen LogP contribution in [0.3, 0.4) is 0 Å². The molecule has 6 nitrogen and oxygen atoms in total. The molecule has 0 saturated heterocycles. The fourth-order valence-electron chi connectivity index (χ4n) is 1.25. The molecule has 0 aliphatic heterocycles. The molecule has 17 heavy (non-hydrogen) atoms. The number of hydrogen-bond donors (Lipinski definition) is 1. The summed E-state index contributed by atoms with van der Waals surface area (Å²) in [5, 5.41) is 13.6. The number of anilines is 1. The van der Waals surface area contributed by atoms with Crippen molar-refractivity contribution in [2.45, 2.75) is 13.8 Å². The maximum atomic E-state index is 11.2. The fraction of sp³-hybridized carbons (Fsp3) is 0.500. The average Bonchev–Trinajstić information content (AvgIpc) is 2.28. The van der Waals surface area contributed by atoms with E-state index in [1.807, 2.05) is 6.92 Å². The molecule has 0 aliphatic carbocycles. The molecule has 1 N–H and O–H groups in total. The summed E-state index contributed by atoms with van der Waals surface area (Å²) in [4.78, 5) is 14.3. The van der Waals surface area contributed by atoms with Crippen LogP contribution in [0.2, 0.25) is 0 Å². The highest BCUT2D eigenvalue weighted by Crippen LogP contribution is 2.21. The number of nitro groups is 1. The second-order valence-electron chi connectivity index (χ2n) is 3.44. The lowest BCUT2D eigenvalue weighted by atomic mass is 10.3. The van der Waals surface area contributed by atoms with Crippen molar-refractivity contribution in [3.8, 4) is 0 Å². The van der Waals surface area contributed by atoms with Gasteiger partial charge in [0.25, 0.3) is 0 Å². The van der Waals surface area contributed by atoms with Gasteiger partial charge in [-0.25, -0.2) is 4.98 Å². The zero-order valence-corrected chi connectivity index (χ0v) is 10.6. The molecule has 0 amide bonds. The summed E-state index contributed by atoms with van der Waals surface area (Å²) >= 11 is 0. The molecule has 0 bridgehead atoms. The van der Waals surface area contributed by atoms with Crippen LogP contribution in [0.25, 0.3) is 0 Å². The molecule has 0 radical (unpaired) electrons. The minimum Gasteiger partial charge on any atom is -0.363 e. The standard InChI is InChI=1S/C10H15N3O3S/c1-3-17(16)7-6-11-10-9(13(14)15)5-4-8(2)12-10/h4-5H,3,6-7H2,1-2H3,(H,11,12). The molecular formula is C10H15N3O3S. The molecule has 94 valence electrons. The SMILES string of the molecule is CCS(=O)CCNc1nc(C)ccc1[N+](=O)[O-]. The molecule has 7 heteroatoms. The minimum atomic E-state index is -0.883. The summed E-state index contributed by atoms with van der Waals surface area (Å²) < 4.78 is 11.2. The van der Waals surface area contributed by atoms with Crippen LogP contribution in [-0.2, 0) is 10.8 Å². The fourth-order valence-corrected chi connectivity index (χ4v) is 1.87. The first-order valence-corrected chi connectivity index (χ1v) is 6.74. The highest BCUT2D eigenvalue weighted by atomic mass is 32.2. The third kappa shape index (κ3) is 4.10. The molecule has 1 heterocycles. The average molecular weight is 257 g/mol. The summed E-state index contributed by atoms with van der Waals surface area (Å²) in [6, 6.07) is 3.01. The van der Waals surface area contributed by atoms with Gasteiger partial charge in [0.15, 0.2) is 0 Å². The second-order valence-corrected chi connectivity index (χ2v) is 5.30. The topological polar surface area (TPSA) is 85.1 Å². The number of nitrogens with one attached hydrogen (secondary N) is 1. The number of nitrogens with zero attached hydrogens (tertiary/aromatic N) is 2. The van der Waals surface area contributed by atoms with E-state index >= 15 is 0 Å². The van der Waals surface area contributed by atoms with Crippen molar-refractivity contribution in [2.24, 2.45) is 0 Å². The van der Waals surface area contributed by atoms with Crippen LogP contribution in [-0.4, -0.2) is 32.2 Å². The lowest BCUT2D eigenvalue weighted by Crippen LogP contribution is -2.14. The van der Waals surface area contributed by atoms with Crippen molar-refractivity contribution in [3.05, 3.63) is 27.9 Å². The number of rotatable bonds is 6. The summed E-state index contributed by atoms with van der Waals surface area (Å²) in [6.07, 6.45) is 0. The Morgan fingerprint density at radius 3 is 2.82 bits per heavy atom. The van der Waals surface area contributed by atoms with E-state index in [1.54, 1.807) is 13.0 Å². The number of aryl methyl sites for hydroxylation is 1. The van der Waals surface area contributed by atoms with Gasteiger partial charge in [0, 0.05) is 40.6 Å². The summed E-state index contributed by atoms with van der Waals surface area (Å²) in [6.45, 7) is 4.01. The molecule has 1 rings (SSSR count). The van der Waals surface area contributed by atoms with Gasteiger partial charge >= 0.3 is 5.69 Å². The second kappa shape index (κ2) is 6.29. The van der Waals surface area contributed by atoms with Crippen LogP contribution >= 0.6 is 0 Å². The Morgan fingerprint density at radius 1 is 1.53 bits per heavy atom. The molecular weight excluding hydrogens is 242 g/mol. The van der Waals surface area contributed by atoms with E-state index < -0.39 is 15.7 Å². The zero-order valence-electron chi connectivity index (χ0n) is 9.80. The van der Waals surface area contributed by atoms with Crippen molar-refractivity contribution >= 4 is 22.3 Å². The molecule has 0 saturated carbocycles. The maximum absolute atomic E-state index is 11.2. The first kappa shape index (κ1) is 13.6. The predicted octanol–water partition coefficient (Wildman–Crippen LogP) is 1.48. The Balaban J connectivity index is 2.72. The van der Waals surface area contributed by atoms with Gasteiger partial charge in [-0.1, -0.05) is 6.92 Å². The van der Waals surface area contributed by atoms with Crippen LogP contribution in [0.5, 0.6) is 0 Å². The van der Waals surface area contributed by atoms with Gasteiger partial charge in [-0.2, -0.15) is 0 Å². The van der Waals surface area contributed by atoms with Gasteiger partial charge in [0.2, 0.25) is 5.82 Å². The lowest BCUT2D eigenvalue weighted by Gasteiger charge is -2.06. The van der Waals surface area contributed by atoms with Crippen LogP contribution in [0, 0.1) is 17.0 Å². The van der Waals surface area contributed by atoms with E-state index in [0.29, 0.717) is 23.7 Å². The predicted molar refractivity (Wildman–Crippen MR) is 67.7 cm³/mol. The molecule has 0 aromatic carbocycles. The highest BCUT2D eigenvalue weighted by Gasteiger charge is 2.14. The summed E-state index contributed by atoms with van der Waals surface area (Å²) in [5.41, 5.74) is 0.646. The van der Waals surface area contributed by atoms with E-state index in [9.17, 15) is 14.3 Å². The molecule has 0 aliphatic rings. The van der Waals surface area contributed by atoms with Crippen LogP contribution < -0.4 is 5.32 Å². The Hall–Kier alpha value is -1.50. The molecule has 0 fully saturated rings. The Morgan fingerprint density at radius 2 is 2.24 bits per heavy atom. The Bertz CT molecular complexity index is 437. The molecule has 1 unspecified atom stereocenters. The maximum Gasteiger partial charge on any atom is 0.311 e. The van der Waals surface area contributed by atoms with Crippen LogP contribution in [0.1, 0.15) is 12.6 Å². The van der Waals surface area contributed by atoms with Crippen molar-refractivity contribution in [3.63, 3.8) is 0 Å². The Kier molecular flexibility index (Phi) is 5.02. The van der Waals surface area contributed by atoms with E-state index in [4.69, 9.17) is 0 Å². The highest BCUT2D eigenvalue weighted by molar-refractivity contribution is 7.84. The lowest BCUT2D eigenvalue weighted by molar-refractivity contribution is -0.384. The zero-order chi connectivity index (χ0) is 12.8. The van der Waals surface area contributed by atoms with Crippen molar-refractivity contribution in [2.75, 3.05) is 23.4 Å². The molecule has 1 aromatic heterocycles. The third-order valence-corrected chi connectivity index (χ3v) is 3.46. The molecule has 0 spiro atoms. The third-order valence-electron chi connectivity index (χ3n) is 2.15. The van der Waals surface area contributed by atoms with Crippen LogP contribution in [0.15, 0.2) is 12.1 Å². The van der Waals surface area contributed by atoms with Gasteiger partial charge in [-0.15, -0.1) is 0 Å². The van der Waals surface area contributed by atoms with E-state index in [0.717, 1.165) is 0 Å². The van der Waals surface area contributed by atoms with Gasteiger partial charge in [-0.3, -0.25) is 14.3 Å². The van der Waals surface area contributed by atoms with Crippen LogP contribution in [0.4, 0.5) is 11.5 Å². The smallest absolute Gasteiger partial charge is 0.311 e. The molecule has 1 aromatic rings. The number of pyridine rings is 1. The number of hydrogen-bond acceptors (Lipinski definition) is 5. The quantitative estimate of drug-likeness (QED) is 0.616. The van der Waals surface area contributed by atoms with E-state index in [-0.39, 0.29) is 11.5 Å². The van der Waals surface area contributed by atoms with Gasteiger partial charge < -0.3 is 5.32 Å². The monoisotopic (exact) mass is 257 g/mol. The minimum absolute atomic E-state index is 0.0575. The largest absolute Gasteiger partial charge is 0.363 e. The summed E-state index contributed by atoms with van der Waals surface area (Å²) in [7, 11) is -0.883. The van der Waals surface area contributed by atoms with E-state index in [2.05, 4.69) is 10.3 Å². The first-order chi connectivity index (χ1) is 8.04. The molecule has 1 atom stereocenters. The number of aromatic nitrogens is 1. The normalized spacial score (nSPS) is 12.1. The van der Waals surface area contributed by atoms with Gasteiger partial charge in [-0.05, 0) is 13.0 Å². The Labute approximate surface area is 102 Å².